The molecule has 134 valence electrons. The zero-order valence-electron chi connectivity index (χ0n) is 14.7. The van der Waals surface area contributed by atoms with Crippen LogP contribution in [0.15, 0.2) is 48.7 Å². The van der Waals surface area contributed by atoms with Crippen LogP contribution in [0.2, 0.25) is 5.02 Å². The van der Waals surface area contributed by atoms with E-state index in [2.05, 4.69) is 20.6 Å². The molecule has 0 spiro atoms. The number of nitrogens with one attached hydrogen (secondary N) is 2. The first kappa shape index (κ1) is 18.4. The maximum Gasteiger partial charge on any atom is 0.274 e. The number of aromatic nitrogens is 2. The van der Waals surface area contributed by atoms with Gasteiger partial charge in [0.25, 0.3) is 5.91 Å². The highest BCUT2D eigenvalue weighted by molar-refractivity contribution is 6.33. The summed E-state index contributed by atoms with van der Waals surface area (Å²) in [5.41, 5.74) is 3.65. The molecule has 2 N–H and O–H groups in total. The van der Waals surface area contributed by atoms with E-state index in [9.17, 15) is 4.79 Å². The van der Waals surface area contributed by atoms with Gasteiger partial charge in [0, 0.05) is 6.20 Å². The molecular weight excluding hydrogens is 362 g/mol. The van der Waals surface area contributed by atoms with Gasteiger partial charge >= 0.3 is 0 Å². The predicted octanol–water partition coefficient (Wildman–Crippen LogP) is 4.61. The Kier molecular flexibility index (Phi) is 5.34. The molecule has 1 aromatic heterocycles. The Hall–Kier alpha value is -3.43. The van der Waals surface area contributed by atoms with E-state index in [0.29, 0.717) is 22.0 Å². The summed E-state index contributed by atoms with van der Waals surface area (Å²) in [4.78, 5) is 20.9. The molecule has 0 unspecified atom stereocenters. The van der Waals surface area contributed by atoms with Gasteiger partial charge in [-0.15, -0.1) is 0 Å². The lowest BCUT2D eigenvalue weighted by molar-refractivity contribution is 0.102. The van der Waals surface area contributed by atoms with E-state index in [1.165, 1.54) is 12.3 Å². The first-order valence-corrected chi connectivity index (χ1v) is 8.53. The van der Waals surface area contributed by atoms with Crippen molar-refractivity contribution in [1.82, 2.24) is 9.97 Å². The van der Waals surface area contributed by atoms with Crippen LogP contribution in [0.5, 0.6) is 0 Å². The van der Waals surface area contributed by atoms with Gasteiger partial charge in [0.15, 0.2) is 0 Å². The second-order valence-electron chi connectivity index (χ2n) is 5.94. The van der Waals surface area contributed by atoms with Crippen molar-refractivity contribution < 1.29 is 4.79 Å². The summed E-state index contributed by atoms with van der Waals surface area (Å²) in [6.45, 7) is 3.89. The van der Waals surface area contributed by atoms with E-state index in [1.807, 2.05) is 32.0 Å². The number of carbonyl (C=O) groups excluding carboxylic acids is 1. The maximum absolute atomic E-state index is 12.5. The van der Waals surface area contributed by atoms with Crippen molar-refractivity contribution in [3.63, 3.8) is 0 Å². The van der Waals surface area contributed by atoms with Gasteiger partial charge in [0.05, 0.1) is 22.0 Å². The van der Waals surface area contributed by atoms with E-state index in [4.69, 9.17) is 16.9 Å². The lowest BCUT2D eigenvalue weighted by atomic mass is 10.1. The largest absolute Gasteiger partial charge is 0.323 e. The molecule has 0 atom stereocenters. The zero-order chi connectivity index (χ0) is 19.4. The molecule has 2 aromatic carbocycles. The molecule has 0 aliphatic heterocycles. The molecule has 1 amide bonds. The van der Waals surface area contributed by atoms with Gasteiger partial charge < -0.3 is 10.6 Å². The number of aryl methyl sites for hydroxylation is 2. The fourth-order valence-corrected chi connectivity index (χ4v) is 2.98. The van der Waals surface area contributed by atoms with Crippen molar-refractivity contribution in [3.05, 3.63) is 76.1 Å². The molecule has 3 rings (SSSR count). The summed E-state index contributed by atoms with van der Waals surface area (Å²) in [5, 5.41) is 15.4. The van der Waals surface area contributed by atoms with E-state index in [-0.39, 0.29) is 11.6 Å². The Morgan fingerprint density at radius 2 is 1.96 bits per heavy atom. The van der Waals surface area contributed by atoms with E-state index < -0.39 is 5.91 Å². The first-order valence-electron chi connectivity index (χ1n) is 8.15. The second kappa shape index (κ2) is 7.85. The molecule has 0 fully saturated rings. The zero-order valence-corrected chi connectivity index (χ0v) is 15.5. The minimum atomic E-state index is -0.435. The number of hydrogen-bond acceptors (Lipinski definition) is 5. The van der Waals surface area contributed by atoms with Crippen molar-refractivity contribution in [3.8, 4) is 6.07 Å². The predicted molar refractivity (Wildman–Crippen MR) is 105 cm³/mol. The number of nitriles is 1. The minimum Gasteiger partial charge on any atom is -0.323 e. The van der Waals surface area contributed by atoms with Crippen LogP contribution in [-0.2, 0) is 0 Å². The number of para-hydroxylation sites is 1. The molecule has 0 aliphatic carbocycles. The lowest BCUT2D eigenvalue weighted by Gasteiger charge is -2.12. The first-order chi connectivity index (χ1) is 13.0. The Balaban J connectivity index is 1.84. The molecule has 0 bridgehead atoms. The number of halogens is 1. The van der Waals surface area contributed by atoms with Crippen LogP contribution < -0.4 is 10.6 Å². The smallest absolute Gasteiger partial charge is 0.274 e. The highest BCUT2D eigenvalue weighted by Crippen LogP contribution is 2.29. The van der Waals surface area contributed by atoms with Crippen molar-refractivity contribution in [2.75, 3.05) is 10.6 Å². The molecule has 0 saturated heterocycles. The van der Waals surface area contributed by atoms with Gasteiger partial charge in [-0.3, -0.25) is 4.79 Å². The van der Waals surface area contributed by atoms with Crippen LogP contribution in [-0.4, -0.2) is 15.9 Å². The normalized spacial score (nSPS) is 10.1. The highest BCUT2D eigenvalue weighted by atomic mass is 35.5. The Bertz CT molecular complexity index is 1040. The minimum absolute atomic E-state index is 0.168. The standard InChI is InChI=1S/C20H16ClN5O/c1-12-9-13(2)18(15(21)10-12)26-20-23-8-7-17(25-20)19(27)24-16-6-4-3-5-14(16)11-22/h3-10H,1-2H3,(H,24,27)(H,23,25,26). The number of benzene rings is 2. The Morgan fingerprint density at radius 3 is 2.70 bits per heavy atom. The Morgan fingerprint density at radius 1 is 1.19 bits per heavy atom. The molecule has 7 heteroatoms. The van der Waals surface area contributed by atoms with E-state index >= 15 is 0 Å². The van der Waals surface area contributed by atoms with Gasteiger partial charge in [-0.25, -0.2) is 9.97 Å². The van der Waals surface area contributed by atoms with Crippen LogP contribution in [0, 0.1) is 25.2 Å². The van der Waals surface area contributed by atoms with Crippen molar-refractivity contribution in [1.29, 1.82) is 5.26 Å². The lowest BCUT2D eigenvalue weighted by Crippen LogP contribution is -2.15. The topological polar surface area (TPSA) is 90.7 Å². The summed E-state index contributed by atoms with van der Waals surface area (Å²) in [6, 6.07) is 14.1. The van der Waals surface area contributed by atoms with Crippen LogP contribution >= 0.6 is 11.6 Å². The molecule has 0 saturated carbocycles. The Labute approximate surface area is 161 Å². The number of carbonyl (C=O) groups is 1. The maximum atomic E-state index is 12.5. The van der Waals surface area contributed by atoms with Gasteiger partial charge in [-0.05, 0) is 49.2 Å². The molecule has 0 radical (unpaired) electrons. The highest BCUT2D eigenvalue weighted by Gasteiger charge is 2.13. The van der Waals surface area contributed by atoms with Gasteiger partial charge in [-0.1, -0.05) is 29.8 Å². The third kappa shape index (κ3) is 4.22. The van der Waals surface area contributed by atoms with Gasteiger partial charge in [0.2, 0.25) is 5.95 Å². The van der Waals surface area contributed by atoms with Crippen LogP contribution in [0.1, 0.15) is 27.2 Å². The average Bonchev–Trinajstić information content (AvgIpc) is 2.65. The van der Waals surface area contributed by atoms with E-state index in [1.54, 1.807) is 24.3 Å². The van der Waals surface area contributed by atoms with Crippen LogP contribution in [0.4, 0.5) is 17.3 Å². The van der Waals surface area contributed by atoms with Crippen molar-refractivity contribution >= 4 is 34.8 Å². The summed E-state index contributed by atoms with van der Waals surface area (Å²) < 4.78 is 0. The van der Waals surface area contributed by atoms with Crippen LogP contribution in [0.25, 0.3) is 0 Å². The molecule has 1 heterocycles. The third-order valence-corrected chi connectivity index (χ3v) is 4.15. The number of amides is 1. The molecule has 0 aliphatic rings. The number of nitrogens with zero attached hydrogens (tertiary/aromatic N) is 3. The number of anilines is 3. The molecule has 27 heavy (non-hydrogen) atoms. The summed E-state index contributed by atoms with van der Waals surface area (Å²) in [5.74, 6) is -0.181. The summed E-state index contributed by atoms with van der Waals surface area (Å²) in [7, 11) is 0. The molecule has 6 nitrogen and oxygen atoms in total. The summed E-state index contributed by atoms with van der Waals surface area (Å²) in [6.07, 6.45) is 1.48. The second-order valence-corrected chi connectivity index (χ2v) is 6.35. The SMILES string of the molecule is Cc1cc(C)c(Nc2nccc(C(=O)Nc3ccccc3C#N)n2)c(Cl)c1. The van der Waals surface area contributed by atoms with Crippen LogP contribution in [0.3, 0.4) is 0 Å². The molecule has 3 aromatic rings. The monoisotopic (exact) mass is 377 g/mol. The quantitative estimate of drug-likeness (QED) is 0.692. The summed E-state index contributed by atoms with van der Waals surface area (Å²) >= 11 is 6.30. The fraction of sp³-hybridized carbons (Fsp3) is 0.100. The number of hydrogen-bond donors (Lipinski definition) is 2. The number of rotatable bonds is 4. The van der Waals surface area contributed by atoms with Gasteiger partial charge in [-0.2, -0.15) is 5.26 Å². The fourth-order valence-electron chi connectivity index (χ4n) is 2.61. The van der Waals surface area contributed by atoms with Crippen molar-refractivity contribution in [2.24, 2.45) is 0 Å². The van der Waals surface area contributed by atoms with Crippen molar-refractivity contribution in [2.45, 2.75) is 13.8 Å². The third-order valence-electron chi connectivity index (χ3n) is 3.85. The van der Waals surface area contributed by atoms with E-state index in [0.717, 1.165) is 11.1 Å². The molecular formula is C20H16ClN5O. The average molecular weight is 378 g/mol. The van der Waals surface area contributed by atoms with Gasteiger partial charge in [0.1, 0.15) is 11.8 Å².